The van der Waals surface area contributed by atoms with Crippen molar-refractivity contribution in [2.45, 2.75) is 26.3 Å². The molecule has 0 fully saturated rings. The first-order valence-corrected chi connectivity index (χ1v) is 17.4. The fraction of sp³-hybridized carbons (Fsp3) is 0.625. The number of halogens is 4. The zero-order valence-electron chi connectivity index (χ0n) is 8.84. The van der Waals surface area contributed by atoms with Crippen molar-refractivity contribution in [2.24, 2.45) is 7.05 Å². The van der Waals surface area contributed by atoms with Crippen molar-refractivity contribution in [1.29, 1.82) is 0 Å². The van der Waals surface area contributed by atoms with Gasteiger partial charge >= 0.3 is 49.6 Å². The van der Waals surface area contributed by atoms with Crippen LogP contribution in [-0.4, -0.2) is 15.6 Å². The van der Waals surface area contributed by atoms with Gasteiger partial charge in [-0.1, -0.05) is 13.3 Å². The van der Waals surface area contributed by atoms with Crippen molar-refractivity contribution >= 4 is 49.6 Å². The van der Waals surface area contributed by atoms with Gasteiger partial charge in [0.05, 0.1) is 13.6 Å². The van der Waals surface area contributed by atoms with Crippen LogP contribution in [0.5, 0.6) is 0 Å². The Balaban J connectivity index is 0.000000336. The molecule has 0 atom stereocenters. The molecule has 1 aromatic heterocycles. The third kappa shape index (κ3) is 12.9. The number of unbranched alkanes of at least 4 members (excludes halogenated alkanes) is 1. The molecule has 0 N–H and O–H groups in total. The Morgan fingerprint density at radius 3 is 2.13 bits per heavy atom. The second-order valence-electron chi connectivity index (χ2n) is 3.17. The average molecular weight is 351 g/mol. The summed E-state index contributed by atoms with van der Waals surface area (Å²) in [5.41, 5.74) is 0. The van der Waals surface area contributed by atoms with Gasteiger partial charge in [0.15, 0.2) is 0 Å². The summed E-state index contributed by atoms with van der Waals surface area (Å²) in [6.45, 7) is 3.36. The first-order valence-electron chi connectivity index (χ1n) is 4.71. The Bertz CT molecular complexity index is 266. The molecule has 7 heteroatoms. The molecule has 0 aliphatic heterocycles. The van der Waals surface area contributed by atoms with Gasteiger partial charge in [-0.2, -0.15) is 0 Å². The first-order chi connectivity index (χ1) is 6.83. The third-order valence-electron chi connectivity index (χ3n) is 1.59. The maximum atomic E-state index is 5.03. The minimum atomic E-state index is -3.24. The monoisotopic (exact) mass is 348 g/mol. The van der Waals surface area contributed by atoms with Crippen LogP contribution in [0, 0.1) is 0 Å². The summed E-state index contributed by atoms with van der Waals surface area (Å²) in [4.78, 5) is 0. The third-order valence-corrected chi connectivity index (χ3v) is 1.59. The molecule has 0 saturated heterocycles. The molecule has 0 unspecified atom stereocenters. The summed E-state index contributed by atoms with van der Waals surface area (Å²) in [5.74, 6) is 0. The topological polar surface area (TPSA) is 8.81 Å². The van der Waals surface area contributed by atoms with Crippen molar-refractivity contribution in [2.75, 3.05) is 0 Å². The standard InChI is InChI=1S/C8H15N2.4ClH.Ga/c1-3-4-5-10-7-6-9(2)8-10;;;;;/h6-8H,3-5H2,1-2H3;4*1H;/q+1;;;;;+3/p-4. The fourth-order valence-corrected chi connectivity index (χ4v) is 0.975. The second-order valence-corrected chi connectivity index (χ2v) is 25.8. The average Bonchev–Trinajstić information content (AvgIpc) is 2.45. The van der Waals surface area contributed by atoms with E-state index in [0.717, 1.165) is 6.54 Å². The van der Waals surface area contributed by atoms with Crippen LogP contribution >= 0.6 is 38.6 Å². The molecule has 0 radical (unpaired) electrons. The van der Waals surface area contributed by atoms with E-state index in [9.17, 15) is 0 Å². The molecular formula is C8H15Cl4GaN2. The fourth-order valence-electron chi connectivity index (χ4n) is 0.975. The molecular weight excluding hydrogens is 336 g/mol. The zero-order chi connectivity index (χ0) is 11.9. The van der Waals surface area contributed by atoms with E-state index < -0.39 is 11.0 Å². The van der Waals surface area contributed by atoms with E-state index in [0.29, 0.717) is 0 Å². The second kappa shape index (κ2) is 8.15. The SMILES string of the molecule is CCCC[n+]1ccn(C)c1.[Cl][Ga-]([Cl])([Cl])[Cl]. The quantitative estimate of drug-likeness (QED) is 0.583. The van der Waals surface area contributed by atoms with E-state index in [4.69, 9.17) is 38.6 Å². The summed E-state index contributed by atoms with van der Waals surface area (Å²) in [6, 6.07) is 0. The van der Waals surface area contributed by atoms with Gasteiger partial charge in [0.25, 0.3) is 0 Å². The molecule has 0 spiro atoms. The zero-order valence-corrected chi connectivity index (χ0v) is 14.3. The van der Waals surface area contributed by atoms with Crippen LogP contribution in [0.2, 0.25) is 0 Å². The van der Waals surface area contributed by atoms with Gasteiger partial charge in [0.2, 0.25) is 6.33 Å². The van der Waals surface area contributed by atoms with Crippen LogP contribution in [0.3, 0.4) is 0 Å². The summed E-state index contributed by atoms with van der Waals surface area (Å²) in [7, 11) is 22.2. The minimum absolute atomic E-state index is 1.15. The number of rotatable bonds is 3. The van der Waals surface area contributed by atoms with Crippen LogP contribution < -0.4 is 4.57 Å². The van der Waals surface area contributed by atoms with Gasteiger partial charge in [-0.3, -0.25) is 0 Å². The van der Waals surface area contributed by atoms with Crippen molar-refractivity contribution < 1.29 is 4.57 Å². The van der Waals surface area contributed by atoms with Crippen LogP contribution in [-0.2, 0) is 13.6 Å². The van der Waals surface area contributed by atoms with E-state index >= 15 is 0 Å². The summed E-state index contributed by atoms with van der Waals surface area (Å²) >= 11 is -3.24. The van der Waals surface area contributed by atoms with E-state index in [-0.39, 0.29) is 0 Å². The predicted octanol–water partition coefficient (Wildman–Crippen LogP) is 3.49. The summed E-state index contributed by atoms with van der Waals surface area (Å²) < 4.78 is 4.28. The Hall–Kier alpha value is 1.01. The molecule has 1 heterocycles. The molecule has 0 saturated carbocycles. The first kappa shape index (κ1) is 16.0. The number of imidazole rings is 1. The van der Waals surface area contributed by atoms with Crippen LogP contribution in [0.25, 0.3) is 0 Å². The molecule has 88 valence electrons. The van der Waals surface area contributed by atoms with E-state index in [2.05, 4.69) is 34.8 Å². The normalized spacial score (nSPS) is 10.8. The number of hydrogen-bond donors (Lipinski definition) is 0. The van der Waals surface area contributed by atoms with E-state index in [1.165, 1.54) is 12.8 Å². The van der Waals surface area contributed by atoms with Crippen molar-refractivity contribution in [1.82, 2.24) is 4.57 Å². The van der Waals surface area contributed by atoms with Crippen LogP contribution in [0.1, 0.15) is 19.8 Å². The van der Waals surface area contributed by atoms with Gasteiger partial charge in [0, 0.05) is 0 Å². The number of aryl methyl sites for hydroxylation is 2. The molecule has 15 heavy (non-hydrogen) atoms. The molecule has 1 aromatic rings. The van der Waals surface area contributed by atoms with Crippen molar-refractivity contribution in [3.8, 4) is 0 Å². The van der Waals surface area contributed by atoms with Gasteiger partial charge in [-0.05, 0) is 6.42 Å². The summed E-state index contributed by atoms with van der Waals surface area (Å²) in [5, 5.41) is 0. The Morgan fingerprint density at radius 1 is 1.27 bits per heavy atom. The van der Waals surface area contributed by atoms with Gasteiger partial charge < -0.3 is 0 Å². The van der Waals surface area contributed by atoms with E-state index in [1.807, 2.05) is 7.05 Å². The Morgan fingerprint density at radius 2 is 1.80 bits per heavy atom. The Labute approximate surface area is 110 Å². The van der Waals surface area contributed by atoms with Gasteiger partial charge in [-0.15, -0.1) is 0 Å². The Kier molecular flexibility index (Phi) is 8.70. The number of aromatic nitrogens is 2. The van der Waals surface area contributed by atoms with Gasteiger partial charge in [0.1, 0.15) is 12.4 Å². The molecule has 0 aliphatic carbocycles. The molecule has 0 bridgehead atoms. The van der Waals surface area contributed by atoms with E-state index in [1.54, 1.807) is 0 Å². The number of nitrogens with zero attached hydrogens (tertiary/aromatic N) is 2. The van der Waals surface area contributed by atoms with Crippen LogP contribution in [0.4, 0.5) is 0 Å². The van der Waals surface area contributed by atoms with Gasteiger partial charge in [-0.25, -0.2) is 9.13 Å². The molecule has 2 nitrogen and oxygen atoms in total. The van der Waals surface area contributed by atoms with Crippen molar-refractivity contribution in [3.63, 3.8) is 0 Å². The van der Waals surface area contributed by atoms with Crippen molar-refractivity contribution in [3.05, 3.63) is 18.7 Å². The maximum absolute atomic E-state index is 5.03. The summed E-state index contributed by atoms with van der Waals surface area (Å²) in [6.07, 6.45) is 8.82. The molecule has 0 amide bonds. The predicted molar refractivity (Wildman–Crippen MR) is 69.7 cm³/mol. The molecule has 0 aliphatic rings. The molecule has 1 rings (SSSR count). The molecule has 0 aromatic carbocycles. The van der Waals surface area contributed by atoms with Crippen LogP contribution in [0.15, 0.2) is 18.7 Å². The number of hydrogen-bond acceptors (Lipinski definition) is 0.